The Labute approximate surface area is 139 Å². The average molecular weight is 332 g/mol. The molecule has 0 spiro atoms. The quantitative estimate of drug-likeness (QED) is 0.760. The predicted octanol–water partition coefficient (Wildman–Crippen LogP) is 2.48. The smallest absolute Gasteiger partial charge is 0.251 e. The number of amides is 2. The number of benzene rings is 2. The molecule has 0 aliphatic rings. The first kappa shape index (κ1) is 16.8. The number of carbonyl (C=O) groups is 2. The molecule has 0 saturated carbocycles. The van der Waals surface area contributed by atoms with E-state index in [2.05, 4.69) is 10.6 Å². The zero-order valence-electron chi connectivity index (χ0n) is 12.7. The molecule has 2 aromatic rings. The number of primary amides is 1. The molecule has 120 valence electrons. The molecule has 0 saturated heterocycles. The van der Waals surface area contributed by atoms with E-state index in [0.717, 1.165) is 11.1 Å². The maximum atomic E-state index is 11.9. The first-order chi connectivity index (χ1) is 11.0. The summed E-state index contributed by atoms with van der Waals surface area (Å²) in [6.07, 6.45) is 0. The molecular formula is C17H18ClN3O2. The minimum atomic E-state index is -0.523. The largest absolute Gasteiger partial charge is 0.376 e. The molecule has 2 rings (SSSR count). The van der Waals surface area contributed by atoms with Crippen LogP contribution in [-0.2, 0) is 11.3 Å². The highest BCUT2D eigenvalue weighted by Gasteiger charge is 2.11. The summed E-state index contributed by atoms with van der Waals surface area (Å²) in [5.74, 6) is -0.716. The fourth-order valence-corrected chi connectivity index (χ4v) is 2.44. The van der Waals surface area contributed by atoms with Crippen molar-refractivity contribution in [1.29, 1.82) is 0 Å². The fraction of sp³-hybridized carbons (Fsp3) is 0.176. The molecule has 4 N–H and O–H groups in total. The van der Waals surface area contributed by atoms with Crippen LogP contribution in [0.2, 0.25) is 5.02 Å². The van der Waals surface area contributed by atoms with E-state index in [4.69, 9.17) is 17.3 Å². The predicted molar refractivity (Wildman–Crippen MR) is 91.5 cm³/mol. The Morgan fingerprint density at radius 2 is 1.91 bits per heavy atom. The van der Waals surface area contributed by atoms with Gasteiger partial charge in [0.2, 0.25) is 5.91 Å². The molecule has 23 heavy (non-hydrogen) atoms. The Morgan fingerprint density at radius 3 is 2.61 bits per heavy atom. The molecule has 0 aliphatic heterocycles. The maximum absolute atomic E-state index is 11.9. The van der Waals surface area contributed by atoms with E-state index in [1.807, 2.05) is 12.1 Å². The summed E-state index contributed by atoms with van der Waals surface area (Å²) in [4.78, 5) is 23.4. The van der Waals surface area contributed by atoms with Crippen LogP contribution in [0.5, 0.6) is 0 Å². The fourth-order valence-electron chi connectivity index (χ4n) is 2.23. The summed E-state index contributed by atoms with van der Waals surface area (Å²) in [5, 5.41) is 6.35. The van der Waals surface area contributed by atoms with Crippen LogP contribution in [0.3, 0.4) is 0 Å². The highest BCUT2D eigenvalue weighted by atomic mass is 35.5. The van der Waals surface area contributed by atoms with Crippen molar-refractivity contribution in [3.05, 3.63) is 64.2 Å². The van der Waals surface area contributed by atoms with Crippen LogP contribution >= 0.6 is 11.6 Å². The van der Waals surface area contributed by atoms with Gasteiger partial charge in [0.25, 0.3) is 5.91 Å². The molecule has 2 amide bonds. The SMILES string of the molecule is Cc1cccc(NCC(=O)NCc2cccc(Cl)c2)c1C(N)=O. The normalized spacial score (nSPS) is 10.2. The highest BCUT2D eigenvalue weighted by Crippen LogP contribution is 2.18. The van der Waals surface area contributed by atoms with Gasteiger partial charge in [0, 0.05) is 17.3 Å². The molecule has 0 unspecified atom stereocenters. The van der Waals surface area contributed by atoms with Crippen LogP contribution in [0.25, 0.3) is 0 Å². The molecule has 0 atom stereocenters. The van der Waals surface area contributed by atoms with Crippen LogP contribution in [0.15, 0.2) is 42.5 Å². The molecule has 6 heteroatoms. The third-order valence-corrected chi connectivity index (χ3v) is 3.57. The van der Waals surface area contributed by atoms with Gasteiger partial charge in [-0.15, -0.1) is 0 Å². The summed E-state index contributed by atoms with van der Waals surface area (Å²) >= 11 is 5.89. The van der Waals surface area contributed by atoms with E-state index in [1.54, 1.807) is 37.3 Å². The zero-order chi connectivity index (χ0) is 16.8. The molecule has 0 aromatic heterocycles. The van der Waals surface area contributed by atoms with Crippen LogP contribution < -0.4 is 16.4 Å². The Bertz CT molecular complexity index is 732. The van der Waals surface area contributed by atoms with Crippen molar-refractivity contribution in [2.45, 2.75) is 13.5 Å². The second-order valence-corrected chi connectivity index (χ2v) is 5.56. The van der Waals surface area contributed by atoms with Gasteiger partial charge < -0.3 is 16.4 Å². The minimum Gasteiger partial charge on any atom is -0.376 e. The molecule has 0 heterocycles. The van der Waals surface area contributed by atoms with Crippen LogP contribution in [0.1, 0.15) is 21.5 Å². The van der Waals surface area contributed by atoms with Crippen molar-refractivity contribution in [1.82, 2.24) is 5.32 Å². The van der Waals surface area contributed by atoms with Crippen LogP contribution in [0, 0.1) is 6.92 Å². The zero-order valence-corrected chi connectivity index (χ0v) is 13.5. The number of aryl methyl sites for hydroxylation is 1. The lowest BCUT2D eigenvalue weighted by Gasteiger charge is -2.12. The molecule has 0 bridgehead atoms. The summed E-state index contributed by atoms with van der Waals surface area (Å²) < 4.78 is 0. The summed E-state index contributed by atoms with van der Waals surface area (Å²) in [6, 6.07) is 12.6. The van der Waals surface area contributed by atoms with Crippen LogP contribution in [-0.4, -0.2) is 18.4 Å². The first-order valence-electron chi connectivity index (χ1n) is 7.12. The number of nitrogens with two attached hydrogens (primary N) is 1. The maximum Gasteiger partial charge on any atom is 0.251 e. The van der Waals surface area contributed by atoms with Crippen molar-refractivity contribution in [3.63, 3.8) is 0 Å². The van der Waals surface area contributed by atoms with Crippen molar-refractivity contribution in [2.75, 3.05) is 11.9 Å². The number of nitrogens with one attached hydrogen (secondary N) is 2. The number of hydrogen-bond donors (Lipinski definition) is 3. The van der Waals surface area contributed by atoms with Gasteiger partial charge in [-0.05, 0) is 36.2 Å². The van der Waals surface area contributed by atoms with E-state index in [-0.39, 0.29) is 12.5 Å². The van der Waals surface area contributed by atoms with Crippen molar-refractivity contribution >= 4 is 29.1 Å². The van der Waals surface area contributed by atoms with Crippen molar-refractivity contribution < 1.29 is 9.59 Å². The first-order valence-corrected chi connectivity index (χ1v) is 7.49. The summed E-state index contributed by atoms with van der Waals surface area (Å²) in [6.45, 7) is 2.23. The van der Waals surface area contributed by atoms with Gasteiger partial charge >= 0.3 is 0 Å². The third-order valence-electron chi connectivity index (χ3n) is 3.34. The van der Waals surface area contributed by atoms with E-state index in [9.17, 15) is 9.59 Å². The van der Waals surface area contributed by atoms with Crippen LogP contribution in [0.4, 0.5) is 5.69 Å². The van der Waals surface area contributed by atoms with Gasteiger partial charge in [-0.2, -0.15) is 0 Å². The number of carbonyl (C=O) groups excluding carboxylic acids is 2. The Morgan fingerprint density at radius 1 is 1.17 bits per heavy atom. The molecular weight excluding hydrogens is 314 g/mol. The number of hydrogen-bond acceptors (Lipinski definition) is 3. The summed E-state index contributed by atoms with van der Waals surface area (Å²) in [7, 11) is 0. The number of rotatable bonds is 6. The highest BCUT2D eigenvalue weighted by molar-refractivity contribution is 6.30. The van der Waals surface area contributed by atoms with Crippen molar-refractivity contribution in [2.24, 2.45) is 5.73 Å². The number of halogens is 1. The number of anilines is 1. The molecule has 5 nitrogen and oxygen atoms in total. The molecule has 0 aliphatic carbocycles. The minimum absolute atomic E-state index is 0.0459. The average Bonchev–Trinajstić information content (AvgIpc) is 2.50. The second kappa shape index (κ2) is 7.65. The van der Waals surface area contributed by atoms with E-state index in [1.165, 1.54) is 0 Å². The van der Waals surface area contributed by atoms with E-state index < -0.39 is 5.91 Å². The molecule has 0 fully saturated rings. The topological polar surface area (TPSA) is 84.2 Å². The van der Waals surface area contributed by atoms with Gasteiger partial charge in [-0.1, -0.05) is 35.9 Å². The van der Waals surface area contributed by atoms with E-state index in [0.29, 0.717) is 22.8 Å². The van der Waals surface area contributed by atoms with Crippen molar-refractivity contribution in [3.8, 4) is 0 Å². The third kappa shape index (κ3) is 4.72. The lowest BCUT2D eigenvalue weighted by Crippen LogP contribution is -2.30. The van der Waals surface area contributed by atoms with Gasteiger partial charge in [0.05, 0.1) is 12.1 Å². The molecule has 2 aromatic carbocycles. The summed E-state index contributed by atoms with van der Waals surface area (Å²) in [5.41, 5.74) is 8.01. The lowest BCUT2D eigenvalue weighted by atomic mass is 10.1. The lowest BCUT2D eigenvalue weighted by molar-refractivity contribution is -0.119. The van der Waals surface area contributed by atoms with Gasteiger partial charge in [-0.3, -0.25) is 9.59 Å². The van der Waals surface area contributed by atoms with Gasteiger partial charge in [0.1, 0.15) is 0 Å². The van der Waals surface area contributed by atoms with Gasteiger partial charge in [0.15, 0.2) is 0 Å². The monoisotopic (exact) mass is 331 g/mol. The standard InChI is InChI=1S/C17H18ClN3O2/c1-11-4-2-7-14(16(11)17(19)23)20-10-15(22)21-9-12-5-3-6-13(18)8-12/h2-8,20H,9-10H2,1H3,(H2,19,23)(H,21,22). The second-order valence-electron chi connectivity index (χ2n) is 5.12. The van der Waals surface area contributed by atoms with E-state index >= 15 is 0 Å². The van der Waals surface area contributed by atoms with Gasteiger partial charge in [-0.25, -0.2) is 0 Å². The Kier molecular flexibility index (Phi) is 5.60. The Balaban J connectivity index is 1.92. The Hall–Kier alpha value is -2.53. The molecule has 0 radical (unpaired) electrons.